The van der Waals surface area contributed by atoms with E-state index in [1.54, 1.807) is 18.4 Å². The van der Waals surface area contributed by atoms with E-state index in [-0.39, 0.29) is 11.9 Å². The molecule has 1 saturated heterocycles. The van der Waals surface area contributed by atoms with Crippen LogP contribution in [-0.4, -0.2) is 49.1 Å². The van der Waals surface area contributed by atoms with Crippen LogP contribution in [0.3, 0.4) is 0 Å². The van der Waals surface area contributed by atoms with Crippen LogP contribution in [0.4, 0.5) is 10.8 Å². The first-order valence-electron chi connectivity index (χ1n) is 11.0. The SMILES string of the molecule is COc1ccc(C)cc1NC(=O)C(c1ccccc1)N1CCCN(c2nc(C)cs2)CC1. The molecule has 0 aliphatic carbocycles. The van der Waals surface area contributed by atoms with Crippen LogP contribution in [0.2, 0.25) is 0 Å². The number of methoxy groups -OCH3 is 1. The maximum atomic E-state index is 13.6. The van der Waals surface area contributed by atoms with Gasteiger partial charge in [-0.05, 0) is 43.5 Å². The highest BCUT2D eigenvalue weighted by atomic mass is 32.1. The Morgan fingerprint density at radius 3 is 2.62 bits per heavy atom. The van der Waals surface area contributed by atoms with Gasteiger partial charge in [-0.25, -0.2) is 4.98 Å². The molecule has 2 aromatic carbocycles. The summed E-state index contributed by atoms with van der Waals surface area (Å²) in [6, 6.07) is 15.5. The summed E-state index contributed by atoms with van der Waals surface area (Å²) in [4.78, 5) is 22.9. The van der Waals surface area contributed by atoms with Crippen molar-refractivity contribution in [1.82, 2.24) is 9.88 Å². The summed E-state index contributed by atoms with van der Waals surface area (Å²) >= 11 is 1.69. The molecule has 168 valence electrons. The minimum absolute atomic E-state index is 0.0429. The van der Waals surface area contributed by atoms with E-state index >= 15 is 0 Å². The summed E-state index contributed by atoms with van der Waals surface area (Å²) in [6.07, 6.45) is 0.975. The zero-order valence-corrected chi connectivity index (χ0v) is 19.7. The highest BCUT2D eigenvalue weighted by Crippen LogP contribution is 2.30. The standard InChI is InChI=1S/C25H30N4O2S/c1-18-10-11-22(31-3)21(16-18)27-24(30)23(20-8-5-4-6-9-20)28-12-7-13-29(15-14-28)25-26-19(2)17-32-25/h4-6,8-11,16-17,23H,7,12-15H2,1-3H3,(H,27,30). The molecule has 0 radical (unpaired) electrons. The van der Waals surface area contributed by atoms with Crippen molar-refractivity contribution in [3.05, 3.63) is 70.7 Å². The highest BCUT2D eigenvalue weighted by molar-refractivity contribution is 7.13. The fourth-order valence-electron chi connectivity index (χ4n) is 4.16. The van der Waals surface area contributed by atoms with Gasteiger partial charge < -0.3 is 15.0 Å². The second-order valence-corrected chi connectivity index (χ2v) is 8.99. The lowest BCUT2D eigenvalue weighted by Gasteiger charge is -2.30. The molecule has 1 amide bonds. The number of rotatable bonds is 6. The molecule has 1 unspecified atom stereocenters. The molecule has 32 heavy (non-hydrogen) atoms. The van der Waals surface area contributed by atoms with Gasteiger partial charge in [-0.1, -0.05) is 36.4 Å². The van der Waals surface area contributed by atoms with E-state index in [2.05, 4.69) is 25.5 Å². The molecule has 1 N–H and O–H groups in total. The predicted molar refractivity (Wildman–Crippen MR) is 131 cm³/mol. The zero-order chi connectivity index (χ0) is 22.5. The Labute approximate surface area is 193 Å². The van der Waals surface area contributed by atoms with Crippen LogP contribution in [-0.2, 0) is 4.79 Å². The first-order chi connectivity index (χ1) is 15.5. The summed E-state index contributed by atoms with van der Waals surface area (Å²) in [5, 5.41) is 6.29. The lowest BCUT2D eigenvalue weighted by atomic mass is 10.0. The summed E-state index contributed by atoms with van der Waals surface area (Å²) < 4.78 is 5.48. The molecule has 1 aliphatic heterocycles. The van der Waals surface area contributed by atoms with Crippen LogP contribution in [0.1, 0.15) is 29.3 Å². The molecule has 0 saturated carbocycles. The average molecular weight is 451 g/mol. The second-order valence-electron chi connectivity index (χ2n) is 8.15. The lowest BCUT2D eigenvalue weighted by Crippen LogP contribution is -2.39. The van der Waals surface area contributed by atoms with Crippen LogP contribution in [0.5, 0.6) is 5.75 Å². The van der Waals surface area contributed by atoms with Crippen LogP contribution in [0.25, 0.3) is 0 Å². The van der Waals surface area contributed by atoms with Crippen molar-refractivity contribution in [3.63, 3.8) is 0 Å². The monoisotopic (exact) mass is 450 g/mol. The Morgan fingerprint density at radius 1 is 1.09 bits per heavy atom. The molecule has 1 atom stereocenters. The first-order valence-corrected chi connectivity index (χ1v) is 11.8. The number of ether oxygens (including phenoxy) is 1. The summed E-state index contributed by atoms with van der Waals surface area (Å²) in [7, 11) is 1.62. The molecule has 1 aromatic heterocycles. The smallest absolute Gasteiger partial charge is 0.246 e. The molecule has 0 spiro atoms. The van der Waals surface area contributed by atoms with Gasteiger partial charge in [0.1, 0.15) is 11.8 Å². The number of aryl methyl sites for hydroxylation is 2. The largest absolute Gasteiger partial charge is 0.495 e. The number of benzene rings is 2. The Kier molecular flexibility index (Phi) is 7.07. The topological polar surface area (TPSA) is 57.7 Å². The van der Waals surface area contributed by atoms with E-state index in [1.165, 1.54) is 0 Å². The number of hydrogen-bond donors (Lipinski definition) is 1. The van der Waals surface area contributed by atoms with Gasteiger partial charge in [-0.2, -0.15) is 0 Å². The lowest BCUT2D eigenvalue weighted by molar-refractivity contribution is -0.121. The molecule has 4 rings (SSSR count). The van der Waals surface area contributed by atoms with Gasteiger partial charge in [0.25, 0.3) is 0 Å². The molecule has 3 aromatic rings. The van der Waals surface area contributed by atoms with Crippen LogP contribution in [0, 0.1) is 13.8 Å². The Balaban J connectivity index is 1.57. The van der Waals surface area contributed by atoms with Gasteiger partial charge in [0.05, 0.1) is 18.5 Å². The zero-order valence-electron chi connectivity index (χ0n) is 18.9. The third-order valence-electron chi connectivity index (χ3n) is 5.75. The van der Waals surface area contributed by atoms with Crippen molar-refractivity contribution < 1.29 is 9.53 Å². The molecular weight excluding hydrogens is 420 g/mol. The minimum atomic E-state index is -0.376. The third-order valence-corrected chi connectivity index (χ3v) is 6.77. The number of aromatic nitrogens is 1. The third kappa shape index (κ3) is 5.11. The maximum Gasteiger partial charge on any atom is 0.246 e. The molecule has 2 heterocycles. The second kappa shape index (κ2) is 10.1. The number of anilines is 2. The summed E-state index contributed by atoms with van der Waals surface area (Å²) in [5.41, 5.74) is 3.82. The van der Waals surface area contributed by atoms with Crippen molar-refractivity contribution in [2.24, 2.45) is 0 Å². The minimum Gasteiger partial charge on any atom is -0.495 e. The van der Waals surface area contributed by atoms with Crippen molar-refractivity contribution in [3.8, 4) is 5.75 Å². The molecule has 0 bridgehead atoms. The fraction of sp³-hybridized carbons (Fsp3) is 0.360. The molecular formula is C25H30N4O2S. The number of carbonyl (C=O) groups is 1. The number of carbonyl (C=O) groups excluding carboxylic acids is 1. The maximum absolute atomic E-state index is 13.6. The Morgan fingerprint density at radius 2 is 1.91 bits per heavy atom. The first kappa shape index (κ1) is 22.3. The highest BCUT2D eigenvalue weighted by Gasteiger charge is 2.30. The van der Waals surface area contributed by atoms with Gasteiger partial charge in [-0.3, -0.25) is 9.69 Å². The van der Waals surface area contributed by atoms with Gasteiger partial charge in [-0.15, -0.1) is 11.3 Å². The molecule has 1 fully saturated rings. The molecule has 7 heteroatoms. The number of thiazole rings is 1. The van der Waals surface area contributed by atoms with Crippen LogP contribution < -0.4 is 15.0 Å². The van der Waals surface area contributed by atoms with Crippen LogP contribution in [0.15, 0.2) is 53.9 Å². The Bertz CT molecular complexity index is 1050. The summed E-state index contributed by atoms with van der Waals surface area (Å²) in [5.74, 6) is 0.621. The van der Waals surface area contributed by atoms with Crippen molar-refractivity contribution >= 4 is 28.1 Å². The normalized spacial score (nSPS) is 15.8. The van der Waals surface area contributed by atoms with E-state index in [4.69, 9.17) is 4.74 Å². The van der Waals surface area contributed by atoms with Gasteiger partial charge in [0, 0.05) is 31.6 Å². The van der Waals surface area contributed by atoms with E-state index in [0.717, 1.165) is 54.6 Å². The fourth-order valence-corrected chi connectivity index (χ4v) is 5.01. The molecule has 1 aliphatic rings. The van der Waals surface area contributed by atoms with Crippen molar-refractivity contribution in [2.75, 3.05) is 43.5 Å². The summed E-state index contributed by atoms with van der Waals surface area (Å²) in [6.45, 7) is 7.46. The van der Waals surface area contributed by atoms with E-state index in [1.807, 2.05) is 62.4 Å². The quantitative estimate of drug-likeness (QED) is 0.592. The number of nitrogens with zero attached hydrogens (tertiary/aromatic N) is 3. The van der Waals surface area contributed by atoms with E-state index in [0.29, 0.717) is 11.4 Å². The number of amides is 1. The van der Waals surface area contributed by atoms with E-state index in [9.17, 15) is 4.79 Å². The van der Waals surface area contributed by atoms with E-state index < -0.39 is 0 Å². The number of nitrogens with one attached hydrogen (secondary N) is 1. The van der Waals surface area contributed by atoms with Crippen molar-refractivity contribution in [2.45, 2.75) is 26.3 Å². The van der Waals surface area contributed by atoms with Gasteiger partial charge in [0.15, 0.2) is 5.13 Å². The van der Waals surface area contributed by atoms with Crippen molar-refractivity contribution in [1.29, 1.82) is 0 Å². The Hall–Kier alpha value is -2.90. The predicted octanol–water partition coefficient (Wildman–Crippen LogP) is 4.66. The number of hydrogen-bond acceptors (Lipinski definition) is 6. The van der Waals surface area contributed by atoms with Gasteiger partial charge >= 0.3 is 0 Å². The average Bonchev–Trinajstić information content (AvgIpc) is 3.08. The van der Waals surface area contributed by atoms with Gasteiger partial charge in [0.2, 0.25) is 5.91 Å². The molecule has 6 nitrogen and oxygen atoms in total. The van der Waals surface area contributed by atoms with Crippen LogP contribution >= 0.6 is 11.3 Å².